The summed E-state index contributed by atoms with van der Waals surface area (Å²) in [5.74, 6) is 0.813. The Labute approximate surface area is 143 Å². The first kappa shape index (κ1) is 15.1. The van der Waals surface area contributed by atoms with Gasteiger partial charge in [-0.2, -0.15) is 0 Å². The van der Waals surface area contributed by atoms with Crippen LogP contribution in [0.2, 0.25) is 0 Å². The Morgan fingerprint density at radius 2 is 2.12 bits per heavy atom. The molecule has 1 amide bonds. The van der Waals surface area contributed by atoms with Crippen LogP contribution in [0.4, 0.5) is 5.69 Å². The maximum Gasteiger partial charge on any atom is 0.237 e. The third-order valence-electron chi connectivity index (χ3n) is 4.16. The lowest BCUT2D eigenvalue weighted by atomic mass is 10.1. The average molecular weight is 339 g/mol. The second-order valence-electron chi connectivity index (χ2n) is 5.72. The van der Waals surface area contributed by atoms with Crippen molar-refractivity contribution in [2.24, 2.45) is 0 Å². The van der Waals surface area contributed by atoms with Crippen LogP contribution in [0.3, 0.4) is 0 Å². The number of para-hydroxylation sites is 1. The van der Waals surface area contributed by atoms with Crippen molar-refractivity contribution in [3.63, 3.8) is 0 Å². The lowest BCUT2D eigenvalue weighted by molar-refractivity contribution is -0.115. The first-order valence-corrected chi connectivity index (χ1v) is 8.70. The quantitative estimate of drug-likeness (QED) is 0.765. The van der Waals surface area contributed by atoms with Crippen LogP contribution in [0.25, 0.3) is 11.0 Å². The summed E-state index contributed by atoms with van der Waals surface area (Å²) in [6.07, 6.45) is 1.66. The number of thioether (sulfide) groups is 1. The number of aromatic amines is 1. The van der Waals surface area contributed by atoms with Gasteiger partial charge in [0.25, 0.3) is 0 Å². The number of nitrogens with one attached hydrogen (secondary N) is 2. The average Bonchev–Trinajstić information content (AvgIpc) is 2.93. The van der Waals surface area contributed by atoms with Crippen LogP contribution in [0.5, 0.6) is 5.75 Å². The number of amides is 1. The van der Waals surface area contributed by atoms with Gasteiger partial charge in [0.1, 0.15) is 5.75 Å². The fourth-order valence-electron chi connectivity index (χ4n) is 2.89. The van der Waals surface area contributed by atoms with Gasteiger partial charge >= 0.3 is 0 Å². The zero-order valence-corrected chi connectivity index (χ0v) is 14.0. The van der Waals surface area contributed by atoms with E-state index < -0.39 is 0 Å². The first-order chi connectivity index (χ1) is 11.7. The van der Waals surface area contributed by atoms with Gasteiger partial charge in [0.2, 0.25) is 5.91 Å². The van der Waals surface area contributed by atoms with Crippen LogP contribution >= 0.6 is 11.8 Å². The summed E-state index contributed by atoms with van der Waals surface area (Å²) >= 11 is 1.48. The highest BCUT2D eigenvalue weighted by atomic mass is 32.2. The maximum atomic E-state index is 12.5. The van der Waals surface area contributed by atoms with E-state index >= 15 is 0 Å². The zero-order valence-electron chi connectivity index (χ0n) is 13.2. The van der Waals surface area contributed by atoms with Crippen LogP contribution < -0.4 is 10.1 Å². The molecule has 0 unspecified atom stereocenters. The number of aromatic nitrogens is 2. The molecule has 3 aromatic rings. The molecule has 0 spiro atoms. The fourth-order valence-corrected chi connectivity index (χ4v) is 3.88. The molecular weight excluding hydrogens is 322 g/mol. The number of carbonyl (C=O) groups is 1. The number of imidazole rings is 1. The number of nitrogens with zero attached hydrogens (tertiary/aromatic N) is 1. The predicted octanol–water partition coefficient (Wildman–Crippen LogP) is 3.62. The number of ether oxygens (including phenoxy) is 1. The Balaban J connectivity index is 1.56. The monoisotopic (exact) mass is 339 g/mol. The number of anilines is 1. The van der Waals surface area contributed by atoms with Crippen molar-refractivity contribution >= 4 is 34.4 Å². The van der Waals surface area contributed by atoms with Crippen LogP contribution in [0.15, 0.2) is 47.6 Å². The smallest absolute Gasteiger partial charge is 0.237 e. The number of rotatable bonds is 3. The van der Waals surface area contributed by atoms with Gasteiger partial charge in [0, 0.05) is 11.8 Å². The van der Waals surface area contributed by atoms with E-state index in [0.29, 0.717) is 0 Å². The van der Waals surface area contributed by atoms with Gasteiger partial charge in [-0.05, 0) is 36.6 Å². The van der Waals surface area contributed by atoms with Gasteiger partial charge in [-0.15, -0.1) is 0 Å². The minimum absolute atomic E-state index is 0.0305. The molecular formula is C18H17N3O2S. The van der Waals surface area contributed by atoms with Crippen LogP contribution in [0, 0.1) is 0 Å². The zero-order chi connectivity index (χ0) is 16.5. The van der Waals surface area contributed by atoms with Gasteiger partial charge in [0.05, 0.1) is 23.4 Å². The van der Waals surface area contributed by atoms with Crippen molar-refractivity contribution in [3.05, 3.63) is 48.0 Å². The SMILES string of the molecule is COc1ccc2nc(S[C@H]3CCc4ccccc4NC3=O)[nH]c2c1. The Morgan fingerprint density at radius 3 is 3.00 bits per heavy atom. The Kier molecular flexibility index (Phi) is 3.90. The highest BCUT2D eigenvalue weighted by molar-refractivity contribution is 8.00. The van der Waals surface area contributed by atoms with Crippen LogP contribution in [-0.2, 0) is 11.2 Å². The normalized spacial score (nSPS) is 17.2. The molecule has 2 aromatic carbocycles. The summed E-state index contributed by atoms with van der Waals surface area (Å²) in [6, 6.07) is 13.7. The number of aryl methyl sites for hydroxylation is 1. The van der Waals surface area contributed by atoms with Crippen molar-refractivity contribution in [2.75, 3.05) is 12.4 Å². The van der Waals surface area contributed by atoms with Crippen molar-refractivity contribution in [2.45, 2.75) is 23.2 Å². The summed E-state index contributed by atoms with van der Waals surface area (Å²) in [7, 11) is 1.64. The number of hydrogen-bond acceptors (Lipinski definition) is 4. The molecule has 0 fully saturated rings. The molecule has 6 heteroatoms. The number of benzene rings is 2. The third kappa shape index (κ3) is 2.85. The molecule has 122 valence electrons. The van der Waals surface area contributed by atoms with Gasteiger partial charge in [-0.25, -0.2) is 4.98 Å². The number of methoxy groups -OCH3 is 1. The fraction of sp³-hybridized carbons (Fsp3) is 0.222. The second-order valence-corrected chi connectivity index (χ2v) is 6.91. The molecule has 1 aliphatic heterocycles. The van der Waals surface area contributed by atoms with E-state index in [1.165, 1.54) is 17.3 Å². The molecule has 0 saturated heterocycles. The molecule has 0 saturated carbocycles. The third-order valence-corrected chi connectivity index (χ3v) is 5.32. The van der Waals surface area contributed by atoms with E-state index in [9.17, 15) is 4.79 Å². The minimum Gasteiger partial charge on any atom is -0.497 e. The van der Waals surface area contributed by atoms with Crippen molar-refractivity contribution in [1.29, 1.82) is 0 Å². The van der Waals surface area contributed by atoms with E-state index in [0.717, 1.165) is 40.5 Å². The van der Waals surface area contributed by atoms with Gasteiger partial charge in [0.15, 0.2) is 5.16 Å². The van der Waals surface area contributed by atoms with E-state index in [1.807, 2.05) is 36.4 Å². The van der Waals surface area contributed by atoms with Crippen LogP contribution in [-0.4, -0.2) is 28.2 Å². The maximum absolute atomic E-state index is 12.5. The van der Waals surface area contributed by atoms with Crippen LogP contribution in [0.1, 0.15) is 12.0 Å². The van der Waals surface area contributed by atoms with E-state index in [2.05, 4.69) is 21.4 Å². The molecule has 2 N–H and O–H groups in total. The molecule has 5 nitrogen and oxygen atoms in total. The van der Waals surface area contributed by atoms with Gasteiger partial charge in [-0.3, -0.25) is 4.79 Å². The van der Waals surface area contributed by atoms with Gasteiger partial charge in [-0.1, -0.05) is 30.0 Å². The standard InChI is InChI=1S/C18H17N3O2S/c1-23-12-7-8-14-15(10-12)21-18(20-14)24-16-9-6-11-4-2-3-5-13(11)19-17(16)22/h2-5,7-8,10,16H,6,9H2,1H3,(H,19,22)(H,20,21)/t16-/m0/s1. The first-order valence-electron chi connectivity index (χ1n) is 7.82. The molecule has 2 heterocycles. The summed E-state index contributed by atoms with van der Waals surface area (Å²) in [4.78, 5) is 20.3. The van der Waals surface area contributed by atoms with E-state index in [4.69, 9.17) is 4.74 Å². The summed E-state index contributed by atoms with van der Waals surface area (Å²) in [5, 5.41) is 3.61. The molecule has 24 heavy (non-hydrogen) atoms. The van der Waals surface area contributed by atoms with E-state index in [1.54, 1.807) is 7.11 Å². The Morgan fingerprint density at radius 1 is 1.25 bits per heavy atom. The number of fused-ring (bicyclic) bond motifs is 2. The number of carbonyl (C=O) groups excluding carboxylic acids is 1. The number of hydrogen-bond donors (Lipinski definition) is 2. The second kappa shape index (κ2) is 6.20. The molecule has 4 rings (SSSR count). The molecule has 1 aliphatic rings. The Bertz CT molecular complexity index is 906. The largest absolute Gasteiger partial charge is 0.497 e. The molecule has 1 aromatic heterocycles. The number of H-pyrrole nitrogens is 1. The van der Waals surface area contributed by atoms with Crippen molar-refractivity contribution in [1.82, 2.24) is 9.97 Å². The summed E-state index contributed by atoms with van der Waals surface area (Å²) in [6.45, 7) is 0. The highest BCUT2D eigenvalue weighted by Crippen LogP contribution is 2.31. The molecule has 0 radical (unpaired) electrons. The highest BCUT2D eigenvalue weighted by Gasteiger charge is 2.25. The summed E-state index contributed by atoms with van der Waals surface area (Å²) < 4.78 is 5.23. The molecule has 0 aliphatic carbocycles. The summed E-state index contributed by atoms with van der Waals surface area (Å²) in [5.41, 5.74) is 3.88. The minimum atomic E-state index is -0.167. The van der Waals surface area contributed by atoms with E-state index in [-0.39, 0.29) is 11.2 Å². The molecule has 1 atom stereocenters. The van der Waals surface area contributed by atoms with Gasteiger partial charge < -0.3 is 15.0 Å². The molecule has 0 bridgehead atoms. The lowest BCUT2D eigenvalue weighted by Crippen LogP contribution is -2.23. The van der Waals surface area contributed by atoms with Crippen molar-refractivity contribution in [3.8, 4) is 5.75 Å². The topological polar surface area (TPSA) is 67.0 Å². The van der Waals surface area contributed by atoms with Crippen molar-refractivity contribution < 1.29 is 9.53 Å². The predicted molar refractivity (Wildman–Crippen MR) is 95.7 cm³/mol. The lowest BCUT2D eigenvalue weighted by Gasteiger charge is -2.10. The Hall–Kier alpha value is -2.47.